The average molecular weight is 193 g/mol. The van der Waals surface area contributed by atoms with Crippen LogP contribution in [0.3, 0.4) is 0 Å². The van der Waals surface area contributed by atoms with Crippen molar-refractivity contribution in [2.75, 3.05) is 0 Å². The van der Waals surface area contributed by atoms with E-state index in [1.165, 1.54) is 19.3 Å². The van der Waals surface area contributed by atoms with Crippen molar-refractivity contribution >= 4 is 5.91 Å². The molecule has 1 heterocycles. The fourth-order valence-corrected chi connectivity index (χ4v) is 1.89. The molecular formula is C10H15N3O. The summed E-state index contributed by atoms with van der Waals surface area (Å²) in [5, 5.41) is 9.48. The average Bonchev–Trinajstić information content (AvgIpc) is 2.72. The molecule has 1 aromatic rings. The number of carbonyl (C=O) groups is 1. The van der Waals surface area contributed by atoms with Gasteiger partial charge in [-0.05, 0) is 18.9 Å². The van der Waals surface area contributed by atoms with Gasteiger partial charge in [0.05, 0.1) is 0 Å². The molecule has 76 valence electrons. The van der Waals surface area contributed by atoms with Crippen LogP contribution in [-0.4, -0.2) is 22.1 Å². The topological polar surface area (TPSA) is 57.8 Å². The largest absolute Gasteiger partial charge is 0.348 e. The van der Waals surface area contributed by atoms with Crippen molar-refractivity contribution in [3.63, 3.8) is 0 Å². The van der Waals surface area contributed by atoms with E-state index in [0.717, 1.165) is 12.8 Å². The van der Waals surface area contributed by atoms with Gasteiger partial charge in [0.2, 0.25) is 0 Å². The van der Waals surface area contributed by atoms with Crippen molar-refractivity contribution in [1.82, 2.24) is 15.5 Å². The molecule has 0 spiro atoms. The van der Waals surface area contributed by atoms with Crippen LogP contribution in [0.2, 0.25) is 0 Å². The fraction of sp³-hybridized carbons (Fsp3) is 0.600. The van der Waals surface area contributed by atoms with E-state index < -0.39 is 0 Å². The van der Waals surface area contributed by atoms with E-state index in [0.29, 0.717) is 11.7 Å². The fourth-order valence-electron chi connectivity index (χ4n) is 1.89. The third-order valence-electron chi connectivity index (χ3n) is 2.67. The van der Waals surface area contributed by atoms with Gasteiger partial charge in [-0.1, -0.05) is 19.3 Å². The van der Waals surface area contributed by atoms with Crippen LogP contribution >= 0.6 is 0 Å². The van der Waals surface area contributed by atoms with Gasteiger partial charge >= 0.3 is 0 Å². The first kappa shape index (κ1) is 9.24. The second kappa shape index (κ2) is 4.26. The molecule has 0 bridgehead atoms. The van der Waals surface area contributed by atoms with Crippen LogP contribution in [0.5, 0.6) is 0 Å². The monoisotopic (exact) mass is 193 g/mol. The molecule has 1 aliphatic rings. The van der Waals surface area contributed by atoms with Gasteiger partial charge in [-0.25, -0.2) is 0 Å². The minimum Gasteiger partial charge on any atom is -0.348 e. The minimum atomic E-state index is -0.0573. The molecule has 1 aromatic heterocycles. The lowest BCUT2D eigenvalue weighted by Gasteiger charge is -2.22. The molecule has 0 unspecified atom stereocenters. The van der Waals surface area contributed by atoms with Gasteiger partial charge in [0.25, 0.3) is 5.91 Å². The highest BCUT2D eigenvalue weighted by Crippen LogP contribution is 2.17. The van der Waals surface area contributed by atoms with Crippen LogP contribution in [0.25, 0.3) is 0 Å². The Bertz CT molecular complexity index is 288. The van der Waals surface area contributed by atoms with E-state index in [4.69, 9.17) is 0 Å². The molecule has 2 N–H and O–H groups in total. The van der Waals surface area contributed by atoms with Crippen molar-refractivity contribution < 1.29 is 4.79 Å². The molecule has 0 saturated heterocycles. The summed E-state index contributed by atoms with van der Waals surface area (Å²) in [5.74, 6) is -0.0573. The van der Waals surface area contributed by atoms with Crippen molar-refractivity contribution in [3.05, 3.63) is 18.0 Å². The number of amides is 1. The summed E-state index contributed by atoms with van der Waals surface area (Å²) in [6, 6.07) is 2.05. The minimum absolute atomic E-state index is 0.0573. The van der Waals surface area contributed by atoms with E-state index in [2.05, 4.69) is 15.5 Å². The molecule has 0 atom stereocenters. The SMILES string of the molecule is O=C(NC1CCCCC1)c1cc[nH]n1. The quantitative estimate of drug-likeness (QED) is 0.747. The Balaban J connectivity index is 1.87. The first-order chi connectivity index (χ1) is 6.86. The zero-order valence-electron chi connectivity index (χ0n) is 8.12. The molecule has 0 aliphatic heterocycles. The summed E-state index contributed by atoms with van der Waals surface area (Å²) in [4.78, 5) is 11.6. The van der Waals surface area contributed by atoms with Crippen molar-refractivity contribution in [1.29, 1.82) is 0 Å². The summed E-state index contributed by atoms with van der Waals surface area (Å²) in [6.45, 7) is 0. The normalized spacial score (nSPS) is 18.0. The van der Waals surface area contributed by atoms with Gasteiger partial charge in [0.15, 0.2) is 0 Å². The van der Waals surface area contributed by atoms with Gasteiger partial charge in [0, 0.05) is 12.2 Å². The molecule has 1 aliphatic carbocycles. The number of aromatic nitrogens is 2. The van der Waals surface area contributed by atoms with Gasteiger partial charge in [-0.2, -0.15) is 5.10 Å². The molecule has 14 heavy (non-hydrogen) atoms. The van der Waals surface area contributed by atoms with Crippen molar-refractivity contribution in [2.24, 2.45) is 0 Å². The Hall–Kier alpha value is -1.32. The van der Waals surface area contributed by atoms with Gasteiger partial charge < -0.3 is 5.32 Å². The lowest BCUT2D eigenvalue weighted by atomic mass is 9.95. The summed E-state index contributed by atoms with van der Waals surface area (Å²) in [5.41, 5.74) is 0.482. The van der Waals surface area contributed by atoms with Crippen molar-refractivity contribution in [3.8, 4) is 0 Å². The maximum Gasteiger partial charge on any atom is 0.271 e. The summed E-state index contributed by atoms with van der Waals surface area (Å²) >= 11 is 0. The van der Waals surface area contributed by atoms with E-state index in [-0.39, 0.29) is 5.91 Å². The maximum atomic E-state index is 11.6. The molecule has 4 nitrogen and oxygen atoms in total. The highest BCUT2D eigenvalue weighted by Gasteiger charge is 2.17. The van der Waals surface area contributed by atoms with Crippen LogP contribution in [-0.2, 0) is 0 Å². The maximum absolute atomic E-state index is 11.6. The predicted molar refractivity (Wildman–Crippen MR) is 52.9 cm³/mol. The number of aromatic amines is 1. The Morgan fingerprint density at radius 2 is 2.21 bits per heavy atom. The van der Waals surface area contributed by atoms with Gasteiger partial charge in [-0.15, -0.1) is 0 Å². The molecule has 1 fully saturated rings. The molecule has 0 radical (unpaired) electrons. The van der Waals surface area contributed by atoms with Crippen LogP contribution in [0.1, 0.15) is 42.6 Å². The highest BCUT2D eigenvalue weighted by molar-refractivity contribution is 5.92. The zero-order chi connectivity index (χ0) is 9.80. The van der Waals surface area contributed by atoms with E-state index in [9.17, 15) is 4.79 Å². The van der Waals surface area contributed by atoms with E-state index >= 15 is 0 Å². The lowest BCUT2D eigenvalue weighted by molar-refractivity contribution is 0.0922. The van der Waals surface area contributed by atoms with Gasteiger partial charge in [0.1, 0.15) is 5.69 Å². The van der Waals surface area contributed by atoms with E-state index in [1.807, 2.05) is 0 Å². The number of rotatable bonds is 2. The number of H-pyrrole nitrogens is 1. The first-order valence-corrected chi connectivity index (χ1v) is 5.17. The molecule has 1 saturated carbocycles. The first-order valence-electron chi connectivity index (χ1n) is 5.17. The zero-order valence-corrected chi connectivity index (χ0v) is 8.12. The van der Waals surface area contributed by atoms with Crippen LogP contribution in [0.15, 0.2) is 12.3 Å². The Morgan fingerprint density at radius 1 is 1.43 bits per heavy atom. The Labute approximate surface area is 83.1 Å². The predicted octanol–water partition coefficient (Wildman–Crippen LogP) is 1.47. The molecule has 2 rings (SSSR count). The molecule has 0 aromatic carbocycles. The van der Waals surface area contributed by atoms with Crippen LogP contribution in [0, 0.1) is 0 Å². The number of hydrogen-bond acceptors (Lipinski definition) is 2. The second-order valence-corrected chi connectivity index (χ2v) is 3.77. The third kappa shape index (κ3) is 2.13. The Kier molecular flexibility index (Phi) is 2.81. The number of nitrogens with one attached hydrogen (secondary N) is 2. The number of hydrogen-bond donors (Lipinski definition) is 2. The standard InChI is InChI=1S/C10H15N3O/c14-10(9-6-7-11-13-9)12-8-4-2-1-3-5-8/h6-8H,1-5H2,(H,11,13)(H,12,14). The van der Waals surface area contributed by atoms with Crippen LogP contribution in [0.4, 0.5) is 0 Å². The molecular weight excluding hydrogens is 178 g/mol. The van der Waals surface area contributed by atoms with Crippen molar-refractivity contribution in [2.45, 2.75) is 38.1 Å². The van der Waals surface area contributed by atoms with E-state index in [1.54, 1.807) is 12.3 Å². The molecule has 4 heteroatoms. The lowest BCUT2D eigenvalue weighted by Crippen LogP contribution is -2.36. The smallest absolute Gasteiger partial charge is 0.271 e. The number of nitrogens with zero attached hydrogens (tertiary/aromatic N) is 1. The highest BCUT2D eigenvalue weighted by atomic mass is 16.2. The molecule has 1 amide bonds. The summed E-state index contributed by atoms with van der Waals surface area (Å²) in [6.07, 6.45) is 7.63. The van der Waals surface area contributed by atoms with Crippen LogP contribution < -0.4 is 5.32 Å². The Morgan fingerprint density at radius 3 is 2.86 bits per heavy atom. The van der Waals surface area contributed by atoms with Gasteiger partial charge in [-0.3, -0.25) is 9.89 Å². The summed E-state index contributed by atoms with van der Waals surface area (Å²) in [7, 11) is 0. The number of carbonyl (C=O) groups excluding carboxylic acids is 1. The second-order valence-electron chi connectivity index (χ2n) is 3.77. The summed E-state index contributed by atoms with van der Waals surface area (Å²) < 4.78 is 0. The third-order valence-corrected chi connectivity index (χ3v) is 2.67.